The Morgan fingerprint density at radius 2 is 1.52 bits per heavy atom. The highest BCUT2D eigenvalue weighted by Crippen LogP contribution is 2.33. The molecule has 0 aliphatic carbocycles. The maximum atomic E-state index is 11.3. The molecule has 1 aromatic carbocycles. The summed E-state index contributed by atoms with van der Waals surface area (Å²) in [7, 11) is 0. The zero-order valence-corrected chi connectivity index (χ0v) is 12.9. The highest BCUT2D eigenvalue weighted by Gasteiger charge is 2.34. The maximum absolute atomic E-state index is 11.3. The highest BCUT2D eigenvalue weighted by molar-refractivity contribution is 5.88. The predicted molar refractivity (Wildman–Crippen MR) is 83.3 cm³/mol. The zero-order valence-electron chi connectivity index (χ0n) is 12.9. The van der Waals surface area contributed by atoms with Crippen molar-refractivity contribution in [1.82, 2.24) is 0 Å². The summed E-state index contributed by atoms with van der Waals surface area (Å²) in [5.74, 6) is -5.14. The third-order valence-corrected chi connectivity index (χ3v) is 3.58. The zero-order chi connectivity index (χ0) is 19.3. The van der Waals surface area contributed by atoms with Crippen molar-refractivity contribution in [2.24, 2.45) is 11.5 Å². The summed E-state index contributed by atoms with van der Waals surface area (Å²) in [4.78, 5) is 43.2. The first-order valence-electron chi connectivity index (χ1n) is 7.01. The van der Waals surface area contributed by atoms with Crippen LogP contribution in [0.1, 0.15) is 34.7 Å². The minimum absolute atomic E-state index is 0.113. The van der Waals surface area contributed by atoms with Crippen LogP contribution < -0.4 is 11.5 Å². The average molecular weight is 355 g/mol. The molecule has 0 saturated heterocycles. The van der Waals surface area contributed by atoms with E-state index in [0.717, 1.165) is 18.2 Å². The molecule has 136 valence electrons. The fourth-order valence-electron chi connectivity index (χ4n) is 2.55. The van der Waals surface area contributed by atoms with E-state index in [0.29, 0.717) is 0 Å². The van der Waals surface area contributed by atoms with Crippen molar-refractivity contribution in [3.8, 4) is 0 Å². The van der Waals surface area contributed by atoms with E-state index in [9.17, 15) is 24.5 Å². The van der Waals surface area contributed by atoms with Crippen molar-refractivity contribution < 1.29 is 34.6 Å². The van der Waals surface area contributed by atoms with Gasteiger partial charge in [-0.25, -0.2) is 4.79 Å². The third kappa shape index (κ3) is 5.22. The largest absolute Gasteiger partial charge is 0.481 e. The number of nitro benzene ring substituents is 1. The van der Waals surface area contributed by atoms with Crippen LogP contribution in [-0.2, 0) is 9.59 Å². The van der Waals surface area contributed by atoms with Crippen molar-refractivity contribution in [1.29, 1.82) is 0 Å². The second kappa shape index (κ2) is 8.17. The lowest BCUT2D eigenvalue weighted by atomic mass is 9.81. The van der Waals surface area contributed by atoms with Crippen LogP contribution in [0.15, 0.2) is 18.2 Å². The number of benzene rings is 1. The van der Waals surface area contributed by atoms with Crippen LogP contribution in [0.5, 0.6) is 0 Å². The molecule has 0 aliphatic heterocycles. The number of carboxylic acids is 3. The molecule has 0 fully saturated rings. The van der Waals surface area contributed by atoms with Gasteiger partial charge >= 0.3 is 17.9 Å². The SMILES string of the molecule is NC(CC(=O)O)C(c1ccc(C(=O)O)cc1[N+](=O)[O-])C(N)CC(=O)O. The van der Waals surface area contributed by atoms with Crippen LogP contribution in [0.2, 0.25) is 0 Å². The van der Waals surface area contributed by atoms with Gasteiger partial charge in [0, 0.05) is 29.6 Å². The van der Waals surface area contributed by atoms with Gasteiger partial charge in [-0.15, -0.1) is 0 Å². The van der Waals surface area contributed by atoms with Crippen molar-refractivity contribution in [3.63, 3.8) is 0 Å². The summed E-state index contributed by atoms with van der Waals surface area (Å²) in [6, 6.07) is 0.572. The minimum atomic E-state index is -1.39. The number of aliphatic carboxylic acids is 2. The molecule has 11 nitrogen and oxygen atoms in total. The van der Waals surface area contributed by atoms with E-state index in [1.54, 1.807) is 0 Å². The third-order valence-electron chi connectivity index (χ3n) is 3.58. The van der Waals surface area contributed by atoms with Crippen LogP contribution >= 0.6 is 0 Å². The van der Waals surface area contributed by atoms with Gasteiger partial charge in [-0.2, -0.15) is 0 Å². The molecule has 11 heteroatoms. The van der Waals surface area contributed by atoms with Gasteiger partial charge < -0.3 is 26.8 Å². The van der Waals surface area contributed by atoms with Crippen molar-refractivity contribution in [3.05, 3.63) is 39.4 Å². The molecule has 0 heterocycles. The van der Waals surface area contributed by atoms with E-state index >= 15 is 0 Å². The van der Waals surface area contributed by atoms with Gasteiger partial charge in [-0.05, 0) is 6.07 Å². The first-order valence-corrected chi connectivity index (χ1v) is 7.01. The van der Waals surface area contributed by atoms with Crippen LogP contribution in [0.25, 0.3) is 0 Å². The van der Waals surface area contributed by atoms with E-state index in [1.807, 2.05) is 0 Å². The summed E-state index contributed by atoms with van der Waals surface area (Å²) >= 11 is 0. The number of aromatic carboxylic acids is 1. The average Bonchev–Trinajstić information content (AvgIpc) is 2.45. The standard InChI is InChI=1S/C14H17N3O8/c15-8(4-11(18)19)13(9(16)5-12(20)21)7-2-1-6(14(22)23)3-10(7)17(24)25/h1-3,8-9,13H,4-5,15-16H2,(H,18,19)(H,20,21)(H,22,23). The number of rotatable bonds is 9. The Hall–Kier alpha value is -3.05. The van der Waals surface area contributed by atoms with Gasteiger partial charge in [0.2, 0.25) is 0 Å². The molecule has 0 spiro atoms. The van der Waals surface area contributed by atoms with E-state index < -0.39 is 59.4 Å². The second-order valence-electron chi connectivity index (χ2n) is 5.39. The van der Waals surface area contributed by atoms with Crippen LogP contribution in [-0.4, -0.2) is 50.2 Å². The lowest BCUT2D eigenvalue weighted by molar-refractivity contribution is -0.385. The van der Waals surface area contributed by atoms with Gasteiger partial charge in [-0.1, -0.05) is 6.07 Å². The Bertz CT molecular complexity index is 683. The molecule has 7 N–H and O–H groups in total. The monoisotopic (exact) mass is 355 g/mol. The number of nitrogens with two attached hydrogens (primary N) is 2. The van der Waals surface area contributed by atoms with Crippen LogP contribution in [0, 0.1) is 10.1 Å². The molecule has 0 aromatic heterocycles. The quantitative estimate of drug-likeness (QED) is 0.295. The van der Waals surface area contributed by atoms with Crippen molar-refractivity contribution >= 4 is 23.6 Å². The van der Waals surface area contributed by atoms with Crippen molar-refractivity contribution in [2.75, 3.05) is 0 Å². The van der Waals surface area contributed by atoms with Gasteiger partial charge in [0.1, 0.15) is 0 Å². The molecule has 0 amide bonds. The van der Waals surface area contributed by atoms with E-state index in [-0.39, 0.29) is 11.1 Å². The van der Waals surface area contributed by atoms with Crippen LogP contribution in [0.4, 0.5) is 5.69 Å². The summed E-state index contributed by atoms with van der Waals surface area (Å²) in [6.45, 7) is 0. The van der Waals surface area contributed by atoms with Crippen LogP contribution in [0.3, 0.4) is 0 Å². The second-order valence-corrected chi connectivity index (χ2v) is 5.39. The predicted octanol–water partition coefficient (Wildman–Crippen LogP) is -0.0194. The van der Waals surface area contributed by atoms with Gasteiger partial charge in [-0.3, -0.25) is 19.7 Å². The van der Waals surface area contributed by atoms with E-state index in [4.69, 9.17) is 26.8 Å². The first-order chi connectivity index (χ1) is 11.5. The lowest BCUT2D eigenvalue weighted by Crippen LogP contribution is -2.43. The van der Waals surface area contributed by atoms with Crippen molar-refractivity contribution in [2.45, 2.75) is 30.8 Å². The molecular formula is C14H17N3O8. The molecule has 2 unspecified atom stereocenters. The molecule has 0 aliphatic rings. The number of hydrogen-bond donors (Lipinski definition) is 5. The highest BCUT2D eigenvalue weighted by atomic mass is 16.6. The number of nitrogens with zero attached hydrogens (tertiary/aromatic N) is 1. The Balaban J connectivity index is 3.46. The molecule has 0 radical (unpaired) electrons. The summed E-state index contributed by atoms with van der Waals surface area (Å²) < 4.78 is 0. The Kier molecular flexibility index (Phi) is 6.53. The smallest absolute Gasteiger partial charge is 0.335 e. The van der Waals surface area contributed by atoms with E-state index in [1.165, 1.54) is 0 Å². The first kappa shape index (κ1) is 20.0. The van der Waals surface area contributed by atoms with E-state index in [2.05, 4.69) is 0 Å². The number of carboxylic acid groups (broad SMARTS) is 3. The number of hydrogen-bond acceptors (Lipinski definition) is 7. The fraction of sp³-hybridized carbons (Fsp3) is 0.357. The molecule has 1 aromatic rings. The Morgan fingerprint density at radius 3 is 1.88 bits per heavy atom. The Morgan fingerprint density at radius 1 is 1.04 bits per heavy atom. The van der Waals surface area contributed by atoms with Gasteiger partial charge in [0.05, 0.1) is 23.3 Å². The fourth-order valence-corrected chi connectivity index (χ4v) is 2.55. The molecule has 1 rings (SSSR count). The Labute approximate surface area is 141 Å². The summed E-state index contributed by atoms with van der Waals surface area (Å²) in [5, 5.41) is 38.0. The maximum Gasteiger partial charge on any atom is 0.335 e. The van der Waals surface area contributed by atoms with Gasteiger partial charge in [0.25, 0.3) is 5.69 Å². The van der Waals surface area contributed by atoms with Gasteiger partial charge in [0.15, 0.2) is 0 Å². The number of carbonyl (C=O) groups is 3. The minimum Gasteiger partial charge on any atom is -0.481 e. The molecule has 2 atom stereocenters. The molecular weight excluding hydrogens is 338 g/mol. The number of nitro groups is 1. The summed E-state index contributed by atoms with van der Waals surface area (Å²) in [6.07, 6.45) is -1.20. The topological polar surface area (TPSA) is 207 Å². The normalized spacial score (nSPS) is 14.3. The molecule has 0 bridgehead atoms. The summed E-state index contributed by atoms with van der Waals surface area (Å²) in [5.41, 5.74) is 10.5. The lowest BCUT2D eigenvalue weighted by Gasteiger charge is -2.28. The molecule has 0 saturated carbocycles. The molecule has 25 heavy (non-hydrogen) atoms.